The number of carbonyl (C=O) groups excluding carboxylic acids is 1. The highest BCUT2D eigenvalue weighted by Gasteiger charge is 2.51. The molecule has 1 aromatic carbocycles. The Bertz CT molecular complexity index is 1000. The van der Waals surface area contributed by atoms with Crippen LogP contribution in [0.3, 0.4) is 0 Å². The molecule has 0 radical (unpaired) electrons. The molecule has 4 aliphatic rings. The van der Waals surface area contributed by atoms with E-state index in [1.165, 1.54) is 19.3 Å². The van der Waals surface area contributed by atoms with Gasteiger partial charge in [0.25, 0.3) is 5.91 Å². The summed E-state index contributed by atoms with van der Waals surface area (Å²) in [4.78, 5) is 26.8. The second kappa shape index (κ2) is 7.55. The molecule has 0 atom stereocenters. The van der Waals surface area contributed by atoms with Gasteiger partial charge in [-0.2, -0.15) is 0 Å². The van der Waals surface area contributed by atoms with E-state index in [1.54, 1.807) is 0 Å². The van der Waals surface area contributed by atoms with Crippen molar-refractivity contribution in [2.45, 2.75) is 83.7 Å². The Morgan fingerprint density at radius 1 is 1.10 bits per heavy atom. The van der Waals surface area contributed by atoms with Gasteiger partial charge in [0.05, 0.1) is 5.52 Å². The van der Waals surface area contributed by atoms with E-state index < -0.39 is 0 Å². The zero-order valence-corrected chi connectivity index (χ0v) is 18.4. The molecule has 0 aliphatic heterocycles. The predicted molar refractivity (Wildman–Crippen MR) is 121 cm³/mol. The minimum absolute atomic E-state index is 0.0765. The smallest absolute Gasteiger partial charge is 0.257 e. The summed E-state index contributed by atoms with van der Waals surface area (Å²) in [6, 6.07) is 5.85. The van der Waals surface area contributed by atoms with Gasteiger partial charge in [0, 0.05) is 23.7 Å². The number of pyridine rings is 1. The van der Waals surface area contributed by atoms with Crippen molar-refractivity contribution in [2.24, 2.45) is 17.8 Å². The molecule has 0 unspecified atom stereocenters. The number of carbonyl (C=O) groups is 1. The average molecular weight is 407 g/mol. The number of benzene rings is 1. The van der Waals surface area contributed by atoms with Crippen LogP contribution in [-0.2, 0) is 6.54 Å². The van der Waals surface area contributed by atoms with Crippen molar-refractivity contribution < 1.29 is 4.79 Å². The fourth-order valence-corrected chi connectivity index (χ4v) is 7.09. The van der Waals surface area contributed by atoms with Gasteiger partial charge in [-0.25, -0.2) is 0 Å². The normalized spacial score (nSPS) is 29.5. The number of amides is 1. The minimum Gasteiger partial charge on any atom is -0.346 e. The number of aromatic nitrogens is 1. The maximum Gasteiger partial charge on any atom is 0.257 e. The number of fused-ring (bicyclic) bond motifs is 1. The van der Waals surface area contributed by atoms with Gasteiger partial charge < -0.3 is 9.88 Å². The van der Waals surface area contributed by atoms with Crippen LogP contribution in [0.25, 0.3) is 10.9 Å². The van der Waals surface area contributed by atoms with Crippen LogP contribution < -0.4 is 10.7 Å². The third-order valence-corrected chi connectivity index (χ3v) is 7.96. The summed E-state index contributed by atoms with van der Waals surface area (Å²) < 4.78 is 2.15. The number of hydrogen-bond donors (Lipinski definition) is 1. The number of rotatable bonds is 6. The minimum atomic E-state index is -0.158. The largest absolute Gasteiger partial charge is 0.346 e. The van der Waals surface area contributed by atoms with Crippen molar-refractivity contribution in [3.8, 4) is 0 Å². The van der Waals surface area contributed by atoms with Crippen molar-refractivity contribution in [1.29, 1.82) is 0 Å². The molecule has 6 rings (SSSR count). The first-order valence-electron chi connectivity index (χ1n) is 11.9. The Kier molecular flexibility index (Phi) is 4.99. The zero-order chi connectivity index (χ0) is 20.9. The highest BCUT2D eigenvalue weighted by Crippen LogP contribution is 2.55. The second-order valence-corrected chi connectivity index (χ2v) is 10.4. The fraction of sp³-hybridized carbons (Fsp3) is 0.615. The lowest BCUT2D eigenvalue weighted by atomic mass is 9.53. The van der Waals surface area contributed by atoms with Crippen LogP contribution in [-0.4, -0.2) is 16.0 Å². The van der Waals surface area contributed by atoms with Crippen molar-refractivity contribution in [3.63, 3.8) is 0 Å². The maximum atomic E-state index is 13.4. The summed E-state index contributed by atoms with van der Waals surface area (Å²) in [7, 11) is 0. The first-order chi connectivity index (χ1) is 14.5. The summed E-state index contributed by atoms with van der Waals surface area (Å²) in [6.07, 6.45) is 12.5. The van der Waals surface area contributed by atoms with E-state index >= 15 is 0 Å². The predicted octanol–water partition coefficient (Wildman–Crippen LogP) is 5.20. The quantitative estimate of drug-likeness (QED) is 0.671. The molecule has 1 aromatic heterocycles. The lowest BCUT2D eigenvalue weighted by molar-refractivity contribution is -0.0167. The molecule has 4 bridgehead atoms. The van der Waals surface area contributed by atoms with Gasteiger partial charge in [-0.3, -0.25) is 9.59 Å². The molecule has 30 heavy (non-hydrogen) atoms. The van der Waals surface area contributed by atoms with Gasteiger partial charge in [0.15, 0.2) is 0 Å². The van der Waals surface area contributed by atoms with E-state index in [9.17, 15) is 9.59 Å². The van der Waals surface area contributed by atoms with Gasteiger partial charge >= 0.3 is 0 Å². The van der Waals surface area contributed by atoms with E-state index in [2.05, 4.69) is 16.8 Å². The van der Waals surface area contributed by atoms with E-state index in [0.717, 1.165) is 73.9 Å². The number of nitrogens with one attached hydrogen (secondary N) is 1. The average Bonchev–Trinajstić information content (AvgIpc) is 2.68. The lowest BCUT2D eigenvalue weighted by Gasteiger charge is -2.56. The van der Waals surface area contributed by atoms with Crippen LogP contribution in [0, 0.1) is 24.7 Å². The van der Waals surface area contributed by atoms with Gasteiger partial charge in [0.1, 0.15) is 5.56 Å². The first kappa shape index (κ1) is 19.8. The number of hydrogen-bond acceptors (Lipinski definition) is 2. The van der Waals surface area contributed by atoms with E-state index in [0.29, 0.717) is 10.9 Å². The van der Waals surface area contributed by atoms with Crippen LogP contribution >= 0.6 is 0 Å². The van der Waals surface area contributed by atoms with Crippen LogP contribution in [0.2, 0.25) is 0 Å². The summed E-state index contributed by atoms with van der Waals surface area (Å²) >= 11 is 0. The Morgan fingerprint density at radius 3 is 2.40 bits per heavy atom. The molecule has 0 saturated heterocycles. The topological polar surface area (TPSA) is 51.1 Å². The monoisotopic (exact) mass is 406 g/mol. The van der Waals surface area contributed by atoms with Crippen LogP contribution in [0.5, 0.6) is 0 Å². The Morgan fingerprint density at radius 2 is 1.77 bits per heavy atom. The van der Waals surface area contributed by atoms with Crippen LogP contribution in [0.1, 0.15) is 80.6 Å². The number of unbranched alkanes of at least 4 members (excludes halogenated alkanes) is 2. The third-order valence-electron chi connectivity index (χ3n) is 7.96. The molecular weight excluding hydrogens is 372 g/mol. The molecule has 4 aliphatic carbocycles. The van der Waals surface area contributed by atoms with Gasteiger partial charge in [-0.05, 0) is 81.3 Å². The van der Waals surface area contributed by atoms with E-state index in [-0.39, 0.29) is 16.9 Å². The molecular formula is C26H34N2O2. The summed E-state index contributed by atoms with van der Waals surface area (Å²) in [5.74, 6) is 2.14. The van der Waals surface area contributed by atoms with E-state index in [4.69, 9.17) is 0 Å². The molecule has 160 valence electrons. The van der Waals surface area contributed by atoms with Crippen molar-refractivity contribution >= 4 is 16.8 Å². The maximum absolute atomic E-state index is 13.4. The van der Waals surface area contributed by atoms with Crippen LogP contribution in [0.15, 0.2) is 29.2 Å². The third kappa shape index (κ3) is 3.38. The Balaban J connectivity index is 1.50. The Labute approximate surface area is 179 Å². The standard InChI is InChI=1S/C26H34N2O2/c1-3-4-5-9-28-16-22(24(29)21-8-6-7-17(2)23(21)28)25(30)27-26-13-18-10-19(14-26)12-20(11-18)15-26/h6-8,16,18-20H,3-5,9-15H2,1-2H3,(H,27,30). The first-order valence-corrected chi connectivity index (χ1v) is 11.9. The molecule has 1 N–H and O–H groups in total. The van der Waals surface area contributed by atoms with Crippen molar-refractivity contribution in [1.82, 2.24) is 9.88 Å². The highest BCUT2D eigenvalue weighted by molar-refractivity contribution is 5.98. The number of nitrogens with zero attached hydrogens (tertiary/aromatic N) is 1. The molecule has 4 nitrogen and oxygen atoms in total. The summed E-state index contributed by atoms with van der Waals surface area (Å²) in [5, 5.41) is 4.07. The van der Waals surface area contributed by atoms with Crippen molar-refractivity contribution in [3.05, 3.63) is 45.7 Å². The fourth-order valence-electron chi connectivity index (χ4n) is 7.09. The van der Waals surface area contributed by atoms with Crippen LogP contribution in [0.4, 0.5) is 0 Å². The lowest BCUT2D eigenvalue weighted by Crippen LogP contribution is -2.60. The molecule has 4 saturated carbocycles. The van der Waals surface area contributed by atoms with Crippen molar-refractivity contribution in [2.75, 3.05) is 0 Å². The molecule has 4 heteroatoms. The molecule has 2 aromatic rings. The zero-order valence-electron chi connectivity index (χ0n) is 18.4. The van der Waals surface area contributed by atoms with Gasteiger partial charge in [0.2, 0.25) is 5.43 Å². The molecule has 1 amide bonds. The van der Waals surface area contributed by atoms with E-state index in [1.807, 2.05) is 31.3 Å². The SMILES string of the molecule is CCCCCn1cc(C(=O)NC23CC4CC(CC(C4)C2)C3)c(=O)c2cccc(C)c21. The van der Waals surface area contributed by atoms with Gasteiger partial charge in [-0.15, -0.1) is 0 Å². The molecule has 4 fully saturated rings. The second-order valence-electron chi connectivity index (χ2n) is 10.4. The number of aryl methyl sites for hydroxylation is 2. The summed E-state index contributed by atoms with van der Waals surface area (Å²) in [6.45, 7) is 5.08. The highest BCUT2D eigenvalue weighted by atomic mass is 16.2. The number of para-hydroxylation sites is 1. The molecule has 1 heterocycles. The Hall–Kier alpha value is -2.10. The van der Waals surface area contributed by atoms with Gasteiger partial charge in [-0.1, -0.05) is 31.9 Å². The molecule has 0 spiro atoms. The summed E-state index contributed by atoms with van der Waals surface area (Å²) in [5.41, 5.74) is 2.19.